The van der Waals surface area contributed by atoms with Crippen molar-refractivity contribution in [2.75, 3.05) is 13.1 Å². The first-order valence-corrected chi connectivity index (χ1v) is 11.5. The van der Waals surface area contributed by atoms with E-state index in [4.69, 9.17) is 16.1 Å². The smallest absolute Gasteiger partial charge is 0.248 e. The molecule has 2 heterocycles. The van der Waals surface area contributed by atoms with Gasteiger partial charge in [-0.05, 0) is 44.2 Å². The van der Waals surface area contributed by atoms with Crippen LogP contribution in [0.5, 0.6) is 0 Å². The first-order valence-electron chi connectivity index (χ1n) is 9.66. The van der Waals surface area contributed by atoms with Crippen molar-refractivity contribution < 1.29 is 17.7 Å². The standard InChI is InChI=1S/C20H26ClN3O4S/c1-13(20(25)22-12-17-6-4-5-7-18(17)21)16-8-10-24(11-9-16)29(26,27)19-14(2)23-28-15(19)3/h4-7,13,16H,8-12H2,1-3H3,(H,22,25). The lowest BCUT2D eigenvalue weighted by Gasteiger charge is -2.33. The van der Waals surface area contributed by atoms with Gasteiger partial charge in [0.2, 0.25) is 15.9 Å². The second-order valence-electron chi connectivity index (χ2n) is 7.49. The molecule has 0 aliphatic carbocycles. The first-order chi connectivity index (χ1) is 13.7. The summed E-state index contributed by atoms with van der Waals surface area (Å²) in [6.45, 7) is 6.25. The van der Waals surface area contributed by atoms with Gasteiger partial charge in [-0.25, -0.2) is 8.42 Å². The SMILES string of the molecule is Cc1noc(C)c1S(=O)(=O)N1CCC(C(C)C(=O)NCc2ccccc2Cl)CC1. The zero-order chi connectivity index (χ0) is 21.2. The number of amides is 1. The summed E-state index contributed by atoms with van der Waals surface area (Å²) in [7, 11) is -3.64. The van der Waals surface area contributed by atoms with E-state index in [1.165, 1.54) is 4.31 Å². The summed E-state index contributed by atoms with van der Waals surface area (Å²) in [5, 5.41) is 7.32. The van der Waals surface area contributed by atoms with Crippen LogP contribution in [0.3, 0.4) is 0 Å². The maximum absolute atomic E-state index is 12.9. The molecule has 1 atom stereocenters. The molecule has 0 spiro atoms. The van der Waals surface area contributed by atoms with Crippen molar-refractivity contribution >= 4 is 27.5 Å². The third-order valence-electron chi connectivity index (χ3n) is 5.60. The van der Waals surface area contributed by atoms with Gasteiger partial charge in [-0.2, -0.15) is 4.31 Å². The molecule has 1 unspecified atom stereocenters. The highest BCUT2D eigenvalue weighted by molar-refractivity contribution is 7.89. The summed E-state index contributed by atoms with van der Waals surface area (Å²) in [5.74, 6) is 0.174. The van der Waals surface area contributed by atoms with E-state index >= 15 is 0 Å². The van der Waals surface area contributed by atoms with Crippen molar-refractivity contribution in [1.82, 2.24) is 14.8 Å². The number of carbonyl (C=O) groups excluding carboxylic acids is 1. The number of aromatic nitrogens is 1. The molecule has 1 N–H and O–H groups in total. The summed E-state index contributed by atoms with van der Waals surface area (Å²) >= 11 is 6.13. The molecule has 1 aromatic heterocycles. The average Bonchev–Trinajstić information content (AvgIpc) is 3.05. The molecular formula is C20H26ClN3O4S. The van der Waals surface area contributed by atoms with Crippen molar-refractivity contribution in [3.05, 3.63) is 46.3 Å². The maximum Gasteiger partial charge on any atom is 0.248 e. The molecule has 3 rings (SSSR count). The second kappa shape index (κ2) is 8.85. The van der Waals surface area contributed by atoms with Crippen LogP contribution in [0, 0.1) is 25.7 Å². The first kappa shape index (κ1) is 21.8. The molecule has 0 radical (unpaired) electrons. The lowest BCUT2D eigenvalue weighted by molar-refractivity contribution is -0.126. The Bertz CT molecular complexity index is 962. The van der Waals surface area contributed by atoms with Gasteiger partial charge in [-0.1, -0.05) is 41.9 Å². The van der Waals surface area contributed by atoms with Gasteiger partial charge in [0.1, 0.15) is 10.6 Å². The van der Waals surface area contributed by atoms with Crippen LogP contribution in [0.1, 0.15) is 36.8 Å². The molecule has 1 aromatic carbocycles. The van der Waals surface area contributed by atoms with Crippen LogP contribution in [0.2, 0.25) is 5.02 Å². The molecule has 29 heavy (non-hydrogen) atoms. The zero-order valence-electron chi connectivity index (χ0n) is 16.8. The number of halogens is 1. The van der Waals surface area contributed by atoms with Crippen LogP contribution in [0.4, 0.5) is 0 Å². The number of hydrogen-bond donors (Lipinski definition) is 1. The summed E-state index contributed by atoms with van der Waals surface area (Å²) in [4.78, 5) is 12.7. The fraction of sp³-hybridized carbons (Fsp3) is 0.500. The van der Waals surface area contributed by atoms with Crippen LogP contribution in [-0.4, -0.2) is 36.9 Å². The van der Waals surface area contributed by atoms with E-state index in [1.807, 2.05) is 25.1 Å². The number of aryl methyl sites for hydroxylation is 2. The van der Waals surface area contributed by atoms with E-state index in [1.54, 1.807) is 19.9 Å². The molecule has 7 nitrogen and oxygen atoms in total. The van der Waals surface area contributed by atoms with Gasteiger partial charge in [0, 0.05) is 30.6 Å². The minimum absolute atomic E-state index is 0.0445. The quantitative estimate of drug-likeness (QED) is 0.745. The van der Waals surface area contributed by atoms with Crippen molar-refractivity contribution in [3.8, 4) is 0 Å². The van der Waals surface area contributed by atoms with Gasteiger partial charge < -0.3 is 9.84 Å². The zero-order valence-corrected chi connectivity index (χ0v) is 18.4. The number of carbonyl (C=O) groups is 1. The fourth-order valence-corrected chi connectivity index (χ4v) is 5.75. The van der Waals surface area contributed by atoms with Crippen LogP contribution in [0.25, 0.3) is 0 Å². The lowest BCUT2D eigenvalue weighted by Crippen LogP contribution is -2.42. The highest BCUT2D eigenvalue weighted by atomic mass is 35.5. The molecule has 0 saturated carbocycles. The van der Waals surface area contributed by atoms with Crippen LogP contribution >= 0.6 is 11.6 Å². The van der Waals surface area contributed by atoms with Crippen LogP contribution in [-0.2, 0) is 21.4 Å². The van der Waals surface area contributed by atoms with E-state index in [-0.39, 0.29) is 22.6 Å². The monoisotopic (exact) mass is 439 g/mol. The number of benzene rings is 1. The van der Waals surface area contributed by atoms with Gasteiger partial charge in [-0.15, -0.1) is 0 Å². The number of nitrogens with one attached hydrogen (secondary N) is 1. The molecule has 158 valence electrons. The predicted octanol–water partition coefficient (Wildman–Crippen LogP) is 3.30. The molecule has 9 heteroatoms. The largest absolute Gasteiger partial charge is 0.360 e. The average molecular weight is 440 g/mol. The minimum atomic E-state index is -3.64. The Morgan fingerprint density at radius 1 is 1.31 bits per heavy atom. The Balaban J connectivity index is 1.57. The summed E-state index contributed by atoms with van der Waals surface area (Å²) in [6.07, 6.45) is 1.26. The second-order valence-corrected chi connectivity index (χ2v) is 9.77. The normalized spacial score (nSPS) is 17.2. The number of sulfonamides is 1. The highest BCUT2D eigenvalue weighted by Crippen LogP contribution is 2.30. The molecule has 1 aliphatic heterocycles. The van der Waals surface area contributed by atoms with Crippen LogP contribution < -0.4 is 5.32 Å². The van der Waals surface area contributed by atoms with Gasteiger partial charge in [-0.3, -0.25) is 4.79 Å². The highest BCUT2D eigenvalue weighted by Gasteiger charge is 2.36. The summed E-state index contributed by atoms with van der Waals surface area (Å²) in [6, 6.07) is 7.40. The Hall–Kier alpha value is -1.90. The van der Waals surface area contributed by atoms with E-state index in [0.717, 1.165) is 5.56 Å². The lowest BCUT2D eigenvalue weighted by atomic mass is 9.85. The predicted molar refractivity (Wildman–Crippen MR) is 110 cm³/mol. The molecule has 1 aliphatic rings. The van der Waals surface area contributed by atoms with Gasteiger partial charge >= 0.3 is 0 Å². The fourth-order valence-electron chi connectivity index (χ4n) is 3.79. The Labute approximate surface area is 176 Å². The van der Waals surface area contributed by atoms with Crippen molar-refractivity contribution in [2.45, 2.75) is 45.1 Å². The molecule has 1 saturated heterocycles. The summed E-state index contributed by atoms with van der Waals surface area (Å²) < 4.78 is 32.3. The molecule has 2 aromatic rings. The van der Waals surface area contributed by atoms with Gasteiger partial charge in [0.25, 0.3) is 0 Å². The van der Waals surface area contributed by atoms with E-state index < -0.39 is 10.0 Å². The molecular weight excluding hydrogens is 414 g/mol. The van der Waals surface area contributed by atoms with Gasteiger partial charge in [0.05, 0.1) is 0 Å². The van der Waals surface area contributed by atoms with E-state index in [0.29, 0.717) is 49.0 Å². The number of hydrogen-bond acceptors (Lipinski definition) is 5. The van der Waals surface area contributed by atoms with E-state index in [2.05, 4.69) is 10.5 Å². The van der Waals surface area contributed by atoms with Gasteiger partial charge in [0.15, 0.2) is 5.76 Å². The Morgan fingerprint density at radius 3 is 2.55 bits per heavy atom. The third-order valence-corrected chi connectivity index (χ3v) is 8.11. The minimum Gasteiger partial charge on any atom is -0.360 e. The number of nitrogens with zero attached hydrogens (tertiary/aromatic N) is 2. The van der Waals surface area contributed by atoms with Crippen molar-refractivity contribution in [2.24, 2.45) is 11.8 Å². The van der Waals surface area contributed by atoms with E-state index in [9.17, 15) is 13.2 Å². The number of rotatable bonds is 6. The van der Waals surface area contributed by atoms with Crippen molar-refractivity contribution in [3.63, 3.8) is 0 Å². The summed E-state index contributed by atoms with van der Waals surface area (Å²) in [5.41, 5.74) is 1.24. The topological polar surface area (TPSA) is 92.5 Å². The Morgan fingerprint density at radius 2 is 1.97 bits per heavy atom. The third kappa shape index (κ3) is 4.65. The molecule has 1 fully saturated rings. The Kier molecular flexibility index (Phi) is 6.65. The maximum atomic E-state index is 12.9. The van der Waals surface area contributed by atoms with Crippen LogP contribution in [0.15, 0.2) is 33.7 Å². The molecule has 0 bridgehead atoms. The number of piperidine rings is 1. The van der Waals surface area contributed by atoms with Crippen molar-refractivity contribution in [1.29, 1.82) is 0 Å². The molecule has 1 amide bonds.